The number of hydrogen-bond acceptors (Lipinski definition) is 2. The summed E-state index contributed by atoms with van der Waals surface area (Å²) >= 11 is 0. The Bertz CT molecular complexity index is 113. The number of hydrogen-bond donors (Lipinski definition) is 2. The molecule has 1 saturated carbocycles. The van der Waals surface area contributed by atoms with Gasteiger partial charge in [-0.15, -0.1) is 0 Å². The van der Waals surface area contributed by atoms with Crippen molar-refractivity contribution in [3.63, 3.8) is 0 Å². The van der Waals surface area contributed by atoms with Gasteiger partial charge in [-0.05, 0) is 37.8 Å². The number of rotatable bonds is 5. The molecule has 4 N–H and O–H groups in total. The maximum absolute atomic E-state index is 5.63. The van der Waals surface area contributed by atoms with Crippen molar-refractivity contribution in [3.05, 3.63) is 0 Å². The Morgan fingerprint density at radius 3 is 1.92 bits per heavy atom. The molecule has 0 bridgehead atoms. The molecule has 2 heteroatoms. The van der Waals surface area contributed by atoms with Gasteiger partial charge in [-0.1, -0.05) is 32.1 Å². The molecule has 78 valence electrons. The zero-order valence-electron chi connectivity index (χ0n) is 8.67. The van der Waals surface area contributed by atoms with Crippen LogP contribution in [0.5, 0.6) is 0 Å². The van der Waals surface area contributed by atoms with E-state index in [0.29, 0.717) is 0 Å². The molecule has 1 aliphatic rings. The predicted molar refractivity (Wildman–Crippen MR) is 57.4 cm³/mol. The van der Waals surface area contributed by atoms with Crippen LogP contribution in [0.15, 0.2) is 0 Å². The molecule has 0 aromatic heterocycles. The minimum Gasteiger partial charge on any atom is -0.330 e. The van der Waals surface area contributed by atoms with E-state index in [9.17, 15) is 0 Å². The minimum atomic E-state index is 0.815. The molecule has 0 aliphatic heterocycles. The summed E-state index contributed by atoms with van der Waals surface area (Å²) in [5, 5.41) is 0. The molecule has 0 heterocycles. The van der Waals surface area contributed by atoms with Crippen LogP contribution in [0, 0.1) is 11.8 Å². The van der Waals surface area contributed by atoms with Crippen molar-refractivity contribution in [3.8, 4) is 0 Å². The van der Waals surface area contributed by atoms with Crippen LogP contribution < -0.4 is 11.5 Å². The third kappa shape index (κ3) is 3.65. The van der Waals surface area contributed by atoms with Gasteiger partial charge < -0.3 is 11.5 Å². The Kier molecular flexibility index (Phi) is 5.40. The molecule has 1 fully saturated rings. The molecule has 0 atom stereocenters. The van der Waals surface area contributed by atoms with Gasteiger partial charge in [-0.2, -0.15) is 0 Å². The van der Waals surface area contributed by atoms with Crippen LogP contribution >= 0.6 is 0 Å². The van der Waals surface area contributed by atoms with E-state index in [1.54, 1.807) is 0 Å². The van der Waals surface area contributed by atoms with Crippen molar-refractivity contribution in [2.24, 2.45) is 23.3 Å². The topological polar surface area (TPSA) is 52.0 Å². The van der Waals surface area contributed by atoms with Gasteiger partial charge in [0.1, 0.15) is 0 Å². The molecule has 0 radical (unpaired) electrons. The van der Waals surface area contributed by atoms with Crippen LogP contribution in [-0.2, 0) is 0 Å². The van der Waals surface area contributed by atoms with Gasteiger partial charge >= 0.3 is 0 Å². The molecular weight excluding hydrogens is 160 g/mol. The predicted octanol–water partition coefficient (Wildman–Crippen LogP) is 1.88. The number of nitrogens with two attached hydrogens (primary N) is 2. The van der Waals surface area contributed by atoms with E-state index in [1.165, 1.54) is 44.9 Å². The van der Waals surface area contributed by atoms with Crippen molar-refractivity contribution < 1.29 is 0 Å². The summed E-state index contributed by atoms with van der Waals surface area (Å²) in [6, 6.07) is 0. The standard InChI is InChI=1S/C11H24N2/c12-8-6-11(7-9-13)10-4-2-1-3-5-10/h10-11H,1-9,12-13H2. The summed E-state index contributed by atoms with van der Waals surface area (Å²) in [6.45, 7) is 1.67. The summed E-state index contributed by atoms with van der Waals surface area (Å²) in [7, 11) is 0. The summed E-state index contributed by atoms with van der Waals surface area (Å²) in [4.78, 5) is 0. The van der Waals surface area contributed by atoms with Gasteiger partial charge in [0.05, 0.1) is 0 Å². The molecule has 2 nitrogen and oxygen atoms in total. The van der Waals surface area contributed by atoms with Crippen LogP contribution in [0.25, 0.3) is 0 Å². The Labute approximate surface area is 82.1 Å². The highest BCUT2D eigenvalue weighted by atomic mass is 14.6. The highest BCUT2D eigenvalue weighted by Gasteiger charge is 2.21. The monoisotopic (exact) mass is 184 g/mol. The fourth-order valence-corrected chi connectivity index (χ4v) is 2.65. The van der Waals surface area contributed by atoms with Gasteiger partial charge in [0.15, 0.2) is 0 Å². The highest BCUT2D eigenvalue weighted by molar-refractivity contribution is 4.74. The first kappa shape index (κ1) is 11.0. The smallest absolute Gasteiger partial charge is 0.00745 e. The van der Waals surface area contributed by atoms with E-state index < -0.39 is 0 Å². The fourth-order valence-electron chi connectivity index (χ4n) is 2.65. The molecule has 1 aliphatic carbocycles. The molecule has 0 aromatic rings. The van der Waals surface area contributed by atoms with E-state index in [-0.39, 0.29) is 0 Å². The third-order valence-electron chi connectivity index (χ3n) is 3.39. The van der Waals surface area contributed by atoms with Gasteiger partial charge in [0, 0.05) is 0 Å². The lowest BCUT2D eigenvalue weighted by Gasteiger charge is -2.29. The molecule has 0 spiro atoms. The van der Waals surface area contributed by atoms with E-state index in [4.69, 9.17) is 11.5 Å². The third-order valence-corrected chi connectivity index (χ3v) is 3.39. The first-order valence-corrected chi connectivity index (χ1v) is 5.78. The second-order valence-electron chi connectivity index (χ2n) is 4.31. The van der Waals surface area contributed by atoms with Crippen molar-refractivity contribution in [2.45, 2.75) is 44.9 Å². The second-order valence-corrected chi connectivity index (χ2v) is 4.31. The fraction of sp³-hybridized carbons (Fsp3) is 1.00. The highest BCUT2D eigenvalue weighted by Crippen LogP contribution is 2.32. The first-order valence-electron chi connectivity index (χ1n) is 5.78. The van der Waals surface area contributed by atoms with Crippen molar-refractivity contribution in [1.82, 2.24) is 0 Å². The minimum absolute atomic E-state index is 0.815. The SMILES string of the molecule is NCCC(CCN)C1CCCCC1. The molecular formula is C11H24N2. The normalized spacial score (nSPS) is 19.6. The zero-order valence-corrected chi connectivity index (χ0v) is 8.67. The Balaban J connectivity index is 2.32. The summed E-state index contributed by atoms with van der Waals surface area (Å²) < 4.78 is 0. The quantitative estimate of drug-likeness (QED) is 0.685. The summed E-state index contributed by atoms with van der Waals surface area (Å²) in [5.74, 6) is 1.75. The lowest BCUT2D eigenvalue weighted by molar-refractivity contribution is 0.229. The van der Waals surface area contributed by atoms with E-state index in [0.717, 1.165) is 24.9 Å². The van der Waals surface area contributed by atoms with Gasteiger partial charge in [-0.3, -0.25) is 0 Å². The average molecular weight is 184 g/mol. The van der Waals surface area contributed by atoms with E-state index >= 15 is 0 Å². The molecule has 0 aromatic carbocycles. The summed E-state index contributed by atoms with van der Waals surface area (Å²) in [5.41, 5.74) is 11.3. The molecule has 13 heavy (non-hydrogen) atoms. The van der Waals surface area contributed by atoms with Crippen LogP contribution in [0.3, 0.4) is 0 Å². The van der Waals surface area contributed by atoms with Crippen molar-refractivity contribution in [1.29, 1.82) is 0 Å². The summed E-state index contributed by atoms with van der Waals surface area (Å²) in [6.07, 6.45) is 9.50. The van der Waals surface area contributed by atoms with Crippen LogP contribution in [0.1, 0.15) is 44.9 Å². The Morgan fingerprint density at radius 2 is 1.46 bits per heavy atom. The van der Waals surface area contributed by atoms with Gasteiger partial charge in [0.25, 0.3) is 0 Å². The van der Waals surface area contributed by atoms with E-state index in [2.05, 4.69) is 0 Å². The van der Waals surface area contributed by atoms with Crippen LogP contribution in [0.2, 0.25) is 0 Å². The zero-order chi connectivity index (χ0) is 9.52. The van der Waals surface area contributed by atoms with Crippen LogP contribution in [-0.4, -0.2) is 13.1 Å². The van der Waals surface area contributed by atoms with Crippen LogP contribution in [0.4, 0.5) is 0 Å². The lowest BCUT2D eigenvalue weighted by Crippen LogP contribution is -2.23. The van der Waals surface area contributed by atoms with Crippen molar-refractivity contribution in [2.75, 3.05) is 13.1 Å². The van der Waals surface area contributed by atoms with Gasteiger partial charge in [-0.25, -0.2) is 0 Å². The Morgan fingerprint density at radius 1 is 0.923 bits per heavy atom. The molecule has 0 unspecified atom stereocenters. The first-order chi connectivity index (χ1) is 6.38. The Hall–Kier alpha value is -0.0800. The average Bonchev–Trinajstić information content (AvgIpc) is 2.19. The van der Waals surface area contributed by atoms with E-state index in [1.807, 2.05) is 0 Å². The maximum Gasteiger partial charge on any atom is -0.00745 e. The lowest BCUT2D eigenvalue weighted by atomic mass is 9.77. The molecule has 0 saturated heterocycles. The maximum atomic E-state index is 5.63. The van der Waals surface area contributed by atoms with Crippen molar-refractivity contribution >= 4 is 0 Å². The van der Waals surface area contributed by atoms with Gasteiger partial charge in [0.2, 0.25) is 0 Å². The molecule has 0 amide bonds. The largest absolute Gasteiger partial charge is 0.330 e. The second kappa shape index (κ2) is 6.39. The molecule has 1 rings (SSSR count).